The van der Waals surface area contributed by atoms with Crippen molar-refractivity contribution in [3.63, 3.8) is 0 Å². The summed E-state index contributed by atoms with van der Waals surface area (Å²) in [4.78, 5) is 29.0. The second kappa shape index (κ2) is 8.67. The number of fused-ring (bicyclic) bond motifs is 2. The molecule has 5 aromatic heterocycles. The largest absolute Gasteiger partial charge is 0.338 e. The molecular weight excluding hydrogens is 462 g/mol. The molecule has 6 aromatic rings. The topological polar surface area (TPSA) is 112 Å². The zero-order valence-electron chi connectivity index (χ0n) is 19.9. The van der Waals surface area contributed by atoms with E-state index in [1.54, 1.807) is 18.6 Å². The Kier molecular flexibility index (Phi) is 5.02. The van der Waals surface area contributed by atoms with Crippen LogP contribution in [0.25, 0.3) is 55.6 Å². The number of carbonyl (C=O) groups is 1. The lowest BCUT2D eigenvalue weighted by Crippen LogP contribution is -2.28. The predicted octanol–water partition coefficient (Wildman–Crippen LogP) is 5.97. The Labute approximate surface area is 212 Å². The molecule has 0 saturated heterocycles. The molecule has 1 aromatic carbocycles. The number of benzene rings is 1. The third-order valence-electron chi connectivity index (χ3n) is 7.14. The van der Waals surface area contributed by atoms with Gasteiger partial charge in [-0.1, -0.05) is 18.6 Å². The van der Waals surface area contributed by atoms with Gasteiger partial charge in [0, 0.05) is 52.6 Å². The zero-order chi connectivity index (χ0) is 24.8. The Morgan fingerprint density at radius 3 is 2.65 bits per heavy atom. The van der Waals surface area contributed by atoms with Crippen LogP contribution in [-0.2, 0) is 4.79 Å². The van der Waals surface area contributed by atoms with Crippen molar-refractivity contribution in [2.24, 2.45) is 5.92 Å². The molecule has 1 aliphatic rings. The van der Waals surface area contributed by atoms with Gasteiger partial charge in [-0.3, -0.25) is 19.9 Å². The van der Waals surface area contributed by atoms with Crippen LogP contribution in [0.3, 0.4) is 0 Å². The number of rotatable bonds is 5. The van der Waals surface area contributed by atoms with E-state index < -0.39 is 0 Å². The summed E-state index contributed by atoms with van der Waals surface area (Å²) in [6.45, 7) is 0. The highest BCUT2D eigenvalue weighted by molar-refractivity contribution is 6.01. The summed E-state index contributed by atoms with van der Waals surface area (Å²) in [5, 5.41) is 12.8. The standard InChI is InChI=1S/C29H23N7O/c37-29(17-3-1-4-17)33-21-11-20(15-31-16-21)18-6-7-25-24(12-18)27(36-35-25)26-13-23-22(8-10-32-28(23)34-26)19-5-2-9-30-14-19/h2,5-17H,1,3-4H2,(H,32,34)(H,33,37)(H,35,36). The maximum absolute atomic E-state index is 12.4. The van der Waals surface area contributed by atoms with Gasteiger partial charge in [0.25, 0.3) is 0 Å². The van der Waals surface area contributed by atoms with E-state index in [0.717, 1.165) is 74.8 Å². The van der Waals surface area contributed by atoms with Crippen molar-refractivity contribution in [1.29, 1.82) is 0 Å². The Morgan fingerprint density at radius 2 is 1.81 bits per heavy atom. The maximum atomic E-state index is 12.4. The molecule has 0 spiro atoms. The first-order chi connectivity index (χ1) is 18.2. The molecule has 1 aliphatic carbocycles. The van der Waals surface area contributed by atoms with Crippen molar-refractivity contribution >= 4 is 33.5 Å². The van der Waals surface area contributed by atoms with Crippen molar-refractivity contribution in [2.45, 2.75) is 19.3 Å². The minimum atomic E-state index is 0.0795. The van der Waals surface area contributed by atoms with Gasteiger partial charge in [-0.2, -0.15) is 5.10 Å². The lowest BCUT2D eigenvalue weighted by atomic mass is 9.85. The van der Waals surface area contributed by atoms with Crippen LogP contribution in [0.15, 0.2) is 79.5 Å². The first-order valence-electron chi connectivity index (χ1n) is 12.4. The molecule has 7 rings (SSSR count). The van der Waals surface area contributed by atoms with Gasteiger partial charge in [-0.25, -0.2) is 4.98 Å². The van der Waals surface area contributed by atoms with E-state index in [1.807, 2.05) is 48.8 Å². The quantitative estimate of drug-likeness (QED) is 0.279. The van der Waals surface area contributed by atoms with Crippen LogP contribution < -0.4 is 5.32 Å². The number of anilines is 1. The third kappa shape index (κ3) is 3.83. The van der Waals surface area contributed by atoms with Crippen LogP contribution in [0.5, 0.6) is 0 Å². The fourth-order valence-electron chi connectivity index (χ4n) is 4.91. The number of amides is 1. The number of nitrogens with one attached hydrogen (secondary N) is 3. The number of hydrogen-bond donors (Lipinski definition) is 3. The fraction of sp³-hybridized carbons (Fsp3) is 0.138. The van der Waals surface area contributed by atoms with Gasteiger partial charge in [-0.05, 0) is 60.4 Å². The van der Waals surface area contributed by atoms with E-state index in [1.165, 1.54) is 0 Å². The summed E-state index contributed by atoms with van der Waals surface area (Å²) in [5.41, 5.74) is 8.15. The molecule has 0 aliphatic heterocycles. The molecule has 0 bridgehead atoms. The molecule has 1 saturated carbocycles. The molecule has 0 radical (unpaired) electrons. The lowest BCUT2D eigenvalue weighted by Gasteiger charge is -2.24. The zero-order valence-corrected chi connectivity index (χ0v) is 19.9. The Morgan fingerprint density at radius 1 is 0.892 bits per heavy atom. The van der Waals surface area contributed by atoms with Gasteiger partial charge in [0.1, 0.15) is 11.3 Å². The summed E-state index contributed by atoms with van der Waals surface area (Å²) < 4.78 is 0. The summed E-state index contributed by atoms with van der Waals surface area (Å²) in [5.74, 6) is 0.203. The van der Waals surface area contributed by atoms with Crippen molar-refractivity contribution in [3.05, 3.63) is 79.5 Å². The summed E-state index contributed by atoms with van der Waals surface area (Å²) in [6, 6.07) is 16.2. The third-order valence-corrected chi connectivity index (χ3v) is 7.14. The van der Waals surface area contributed by atoms with Crippen molar-refractivity contribution in [3.8, 4) is 33.6 Å². The van der Waals surface area contributed by atoms with Crippen molar-refractivity contribution in [1.82, 2.24) is 30.1 Å². The maximum Gasteiger partial charge on any atom is 0.227 e. The number of nitrogens with zero attached hydrogens (tertiary/aromatic N) is 4. The van der Waals surface area contributed by atoms with Crippen LogP contribution in [0, 0.1) is 5.92 Å². The number of carbonyl (C=O) groups excluding carboxylic acids is 1. The smallest absolute Gasteiger partial charge is 0.227 e. The molecule has 0 atom stereocenters. The molecule has 1 fully saturated rings. The average Bonchev–Trinajstić information content (AvgIpc) is 3.52. The van der Waals surface area contributed by atoms with Crippen LogP contribution in [0.4, 0.5) is 5.69 Å². The molecule has 180 valence electrons. The number of H-pyrrole nitrogens is 2. The van der Waals surface area contributed by atoms with E-state index in [2.05, 4.69) is 47.6 Å². The highest BCUT2D eigenvalue weighted by Gasteiger charge is 2.25. The second-order valence-electron chi connectivity index (χ2n) is 9.46. The predicted molar refractivity (Wildman–Crippen MR) is 144 cm³/mol. The van der Waals surface area contributed by atoms with Crippen LogP contribution in [0.1, 0.15) is 19.3 Å². The van der Waals surface area contributed by atoms with Crippen LogP contribution in [0.2, 0.25) is 0 Å². The first kappa shape index (κ1) is 21.4. The van der Waals surface area contributed by atoms with Crippen LogP contribution in [-0.4, -0.2) is 36.0 Å². The molecule has 37 heavy (non-hydrogen) atoms. The van der Waals surface area contributed by atoms with Crippen molar-refractivity contribution < 1.29 is 4.79 Å². The Hall–Kier alpha value is -4.85. The normalized spacial score (nSPS) is 13.6. The Balaban J connectivity index is 1.26. The lowest BCUT2D eigenvalue weighted by molar-refractivity contribution is -0.122. The molecule has 3 N–H and O–H groups in total. The van der Waals surface area contributed by atoms with Crippen LogP contribution >= 0.6 is 0 Å². The summed E-state index contributed by atoms with van der Waals surface area (Å²) in [7, 11) is 0. The van der Waals surface area contributed by atoms with E-state index in [0.29, 0.717) is 5.69 Å². The van der Waals surface area contributed by atoms with E-state index in [-0.39, 0.29) is 11.8 Å². The second-order valence-corrected chi connectivity index (χ2v) is 9.46. The molecule has 8 nitrogen and oxygen atoms in total. The Bertz CT molecular complexity index is 1770. The van der Waals surface area contributed by atoms with Gasteiger partial charge in [0.05, 0.1) is 23.1 Å². The van der Waals surface area contributed by atoms with Gasteiger partial charge in [0.15, 0.2) is 0 Å². The number of pyridine rings is 3. The number of aromatic amines is 2. The van der Waals surface area contributed by atoms with E-state index in [9.17, 15) is 4.79 Å². The molecule has 8 heteroatoms. The van der Waals surface area contributed by atoms with Gasteiger partial charge < -0.3 is 10.3 Å². The first-order valence-corrected chi connectivity index (χ1v) is 12.4. The van der Waals surface area contributed by atoms with Gasteiger partial charge >= 0.3 is 0 Å². The van der Waals surface area contributed by atoms with E-state index >= 15 is 0 Å². The highest BCUT2D eigenvalue weighted by atomic mass is 16.1. The molecular formula is C29H23N7O. The fourth-order valence-corrected chi connectivity index (χ4v) is 4.91. The molecule has 5 heterocycles. The SMILES string of the molecule is O=C(Nc1cncc(-c2ccc3[nH]nc(-c4cc5c(-c6cccnc6)ccnc5[nH]4)c3c2)c1)C1CCC1. The van der Waals surface area contributed by atoms with Gasteiger partial charge in [-0.15, -0.1) is 0 Å². The minimum Gasteiger partial charge on any atom is -0.338 e. The minimum absolute atomic E-state index is 0.0795. The average molecular weight is 486 g/mol. The highest BCUT2D eigenvalue weighted by Crippen LogP contribution is 2.35. The molecule has 1 amide bonds. The monoisotopic (exact) mass is 485 g/mol. The van der Waals surface area contributed by atoms with E-state index in [4.69, 9.17) is 0 Å². The molecule has 0 unspecified atom stereocenters. The summed E-state index contributed by atoms with van der Waals surface area (Å²) >= 11 is 0. The van der Waals surface area contributed by atoms with Crippen molar-refractivity contribution in [2.75, 3.05) is 5.32 Å². The number of hydrogen-bond acceptors (Lipinski definition) is 5. The number of aromatic nitrogens is 6. The van der Waals surface area contributed by atoms with Gasteiger partial charge in [0.2, 0.25) is 5.91 Å². The summed E-state index contributed by atoms with van der Waals surface area (Å²) in [6.07, 6.45) is 12.0.